The fraction of sp³-hybridized carbons (Fsp3) is 0.500. The van der Waals surface area contributed by atoms with Gasteiger partial charge in [-0.25, -0.2) is 14.0 Å². The largest absolute Gasteiger partial charge is 0.449 e. The minimum Gasteiger partial charge on any atom is -0.449 e. The van der Waals surface area contributed by atoms with E-state index in [9.17, 15) is 14.0 Å². The fourth-order valence-electron chi connectivity index (χ4n) is 1.12. The molecule has 0 aliphatic heterocycles. The maximum Gasteiger partial charge on any atom is 0.412 e. The summed E-state index contributed by atoms with van der Waals surface area (Å²) in [5.41, 5.74) is -0.743. The van der Waals surface area contributed by atoms with Crippen molar-refractivity contribution in [1.29, 1.82) is 0 Å². The lowest BCUT2D eigenvalue weighted by Gasteiger charge is -2.06. The number of carbonyl (C=O) groups excluding carboxylic acids is 1. The van der Waals surface area contributed by atoms with Gasteiger partial charge in [0.25, 0.3) is 0 Å². The van der Waals surface area contributed by atoms with Gasteiger partial charge in [0, 0.05) is 0 Å². The van der Waals surface area contributed by atoms with Crippen LogP contribution in [0.4, 0.5) is 15.0 Å². The van der Waals surface area contributed by atoms with Crippen LogP contribution < -0.4 is 11.0 Å². The van der Waals surface area contributed by atoms with Crippen LogP contribution in [-0.2, 0) is 4.74 Å². The van der Waals surface area contributed by atoms with Gasteiger partial charge in [0.1, 0.15) is 0 Å². The van der Waals surface area contributed by atoms with Crippen LogP contribution in [0.1, 0.15) is 26.2 Å². The molecule has 0 radical (unpaired) electrons. The van der Waals surface area contributed by atoms with Gasteiger partial charge in [-0.2, -0.15) is 4.98 Å². The highest BCUT2D eigenvalue weighted by molar-refractivity contribution is 5.83. The first kappa shape index (κ1) is 13.1. The van der Waals surface area contributed by atoms with Crippen LogP contribution in [-0.4, -0.2) is 22.7 Å². The molecule has 1 aromatic heterocycles. The molecule has 0 atom stereocenters. The van der Waals surface area contributed by atoms with E-state index >= 15 is 0 Å². The van der Waals surface area contributed by atoms with Gasteiger partial charge >= 0.3 is 11.8 Å². The molecule has 0 fully saturated rings. The Kier molecular flexibility index (Phi) is 5.12. The van der Waals surface area contributed by atoms with E-state index in [2.05, 4.69) is 15.3 Å². The number of ether oxygens (including phenoxy) is 1. The lowest BCUT2D eigenvalue weighted by atomic mass is 10.3. The van der Waals surface area contributed by atoms with Gasteiger partial charge in [0.15, 0.2) is 11.6 Å². The highest BCUT2D eigenvalue weighted by Gasteiger charge is 2.08. The van der Waals surface area contributed by atoms with E-state index in [4.69, 9.17) is 4.74 Å². The second-order valence-electron chi connectivity index (χ2n) is 3.38. The standard InChI is InChI=1S/C10H14FN3O3/c1-2-3-4-5-17-10(16)14-8-7(11)6-12-9(15)13-8/h6H,2-5H2,1H3,(H2,12,13,14,15,16). The zero-order valence-electron chi connectivity index (χ0n) is 9.46. The van der Waals surface area contributed by atoms with E-state index in [1.54, 1.807) is 0 Å². The number of halogens is 1. The molecule has 0 bridgehead atoms. The third-order valence-electron chi connectivity index (χ3n) is 1.97. The minimum atomic E-state index is -0.824. The molecular formula is C10H14FN3O3. The summed E-state index contributed by atoms with van der Waals surface area (Å²) >= 11 is 0. The molecule has 0 aromatic carbocycles. The zero-order chi connectivity index (χ0) is 12.7. The van der Waals surface area contributed by atoms with Gasteiger partial charge in [-0.1, -0.05) is 19.8 Å². The Morgan fingerprint density at radius 1 is 1.59 bits per heavy atom. The number of aromatic nitrogens is 2. The van der Waals surface area contributed by atoms with E-state index in [0.717, 1.165) is 25.5 Å². The number of rotatable bonds is 5. The molecule has 1 aromatic rings. The van der Waals surface area contributed by atoms with Crippen LogP contribution in [0.15, 0.2) is 11.0 Å². The minimum absolute atomic E-state index is 0.261. The summed E-state index contributed by atoms with van der Waals surface area (Å²) in [4.78, 5) is 27.2. The lowest BCUT2D eigenvalue weighted by molar-refractivity contribution is 0.159. The van der Waals surface area contributed by atoms with E-state index in [1.165, 1.54) is 0 Å². The predicted octanol–water partition coefficient (Wildman–Crippen LogP) is 1.65. The summed E-state index contributed by atoms with van der Waals surface area (Å²) in [6, 6.07) is 0. The number of nitrogens with zero attached hydrogens (tertiary/aromatic N) is 1. The molecule has 1 rings (SSSR count). The molecule has 17 heavy (non-hydrogen) atoms. The highest BCUT2D eigenvalue weighted by Crippen LogP contribution is 2.05. The van der Waals surface area contributed by atoms with Gasteiger partial charge in [-0.05, 0) is 6.42 Å². The molecular weight excluding hydrogens is 229 g/mol. The number of nitrogens with one attached hydrogen (secondary N) is 2. The van der Waals surface area contributed by atoms with Crippen molar-refractivity contribution in [3.63, 3.8) is 0 Å². The summed E-state index contributed by atoms with van der Waals surface area (Å²) in [5, 5.41) is 2.10. The molecule has 2 N–H and O–H groups in total. The molecule has 7 heteroatoms. The van der Waals surface area contributed by atoms with Crippen molar-refractivity contribution < 1.29 is 13.9 Å². The van der Waals surface area contributed by atoms with Gasteiger partial charge in [-0.3, -0.25) is 10.3 Å². The number of amides is 1. The normalized spacial score (nSPS) is 10.0. The zero-order valence-corrected chi connectivity index (χ0v) is 9.46. The number of hydrogen-bond donors (Lipinski definition) is 2. The average molecular weight is 243 g/mol. The summed E-state index contributed by atoms with van der Waals surface area (Å²) in [6.45, 7) is 2.29. The number of hydrogen-bond acceptors (Lipinski definition) is 4. The molecule has 1 amide bonds. The molecule has 1 heterocycles. The Bertz CT molecular complexity index is 433. The maximum absolute atomic E-state index is 13.1. The first-order chi connectivity index (χ1) is 8.13. The Morgan fingerprint density at radius 2 is 2.35 bits per heavy atom. The third-order valence-corrected chi connectivity index (χ3v) is 1.97. The predicted molar refractivity (Wildman–Crippen MR) is 59.3 cm³/mol. The third kappa shape index (κ3) is 4.62. The molecule has 0 saturated carbocycles. The van der Waals surface area contributed by atoms with Crippen molar-refractivity contribution in [1.82, 2.24) is 9.97 Å². The number of carbonyl (C=O) groups is 1. The van der Waals surface area contributed by atoms with Gasteiger partial charge in [0.2, 0.25) is 0 Å². The molecule has 0 unspecified atom stereocenters. The summed E-state index contributed by atoms with van der Waals surface area (Å²) in [5.74, 6) is -1.17. The van der Waals surface area contributed by atoms with Crippen LogP contribution in [0.2, 0.25) is 0 Å². The average Bonchev–Trinajstić information content (AvgIpc) is 2.29. The number of unbranched alkanes of at least 4 members (excludes halogenated alkanes) is 2. The molecule has 6 nitrogen and oxygen atoms in total. The Hall–Kier alpha value is -1.92. The Labute approximate surface area is 97.2 Å². The number of anilines is 1. The van der Waals surface area contributed by atoms with Crippen molar-refractivity contribution >= 4 is 11.9 Å². The Morgan fingerprint density at radius 3 is 3.06 bits per heavy atom. The van der Waals surface area contributed by atoms with Crippen LogP contribution in [0.25, 0.3) is 0 Å². The number of H-pyrrole nitrogens is 1. The smallest absolute Gasteiger partial charge is 0.412 e. The SMILES string of the molecule is CCCCCOC(=O)Nc1[nH]c(=O)ncc1F. The monoisotopic (exact) mass is 243 g/mol. The molecule has 0 aliphatic rings. The van der Waals surface area contributed by atoms with Crippen molar-refractivity contribution in [3.8, 4) is 0 Å². The maximum atomic E-state index is 13.1. The lowest BCUT2D eigenvalue weighted by Crippen LogP contribution is -2.20. The molecule has 0 saturated heterocycles. The van der Waals surface area contributed by atoms with E-state index in [-0.39, 0.29) is 12.4 Å². The summed E-state index contributed by atoms with van der Waals surface area (Å²) in [6.07, 6.45) is 2.64. The molecule has 0 spiro atoms. The quantitative estimate of drug-likeness (QED) is 0.770. The number of aromatic amines is 1. The van der Waals surface area contributed by atoms with Crippen molar-refractivity contribution in [2.45, 2.75) is 26.2 Å². The van der Waals surface area contributed by atoms with E-state index in [1.807, 2.05) is 6.92 Å². The summed E-state index contributed by atoms with van der Waals surface area (Å²) < 4.78 is 17.9. The first-order valence-corrected chi connectivity index (χ1v) is 5.32. The van der Waals surface area contributed by atoms with Crippen molar-refractivity contribution in [2.75, 3.05) is 11.9 Å². The van der Waals surface area contributed by atoms with E-state index in [0.29, 0.717) is 0 Å². The van der Waals surface area contributed by atoms with Crippen molar-refractivity contribution in [3.05, 3.63) is 22.5 Å². The Balaban J connectivity index is 2.45. The fourth-order valence-corrected chi connectivity index (χ4v) is 1.12. The topological polar surface area (TPSA) is 84.1 Å². The van der Waals surface area contributed by atoms with Crippen LogP contribution in [0, 0.1) is 5.82 Å². The van der Waals surface area contributed by atoms with Crippen molar-refractivity contribution in [2.24, 2.45) is 0 Å². The molecule has 0 aliphatic carbocycles. The highest BCUT2D eigenvalue weighted by atomic mass is 19.1. The van der Waals surface area contributed by atoms with Crippen LogP contribution in [0.3, 0.4) is 0 Å². The van der Waals surface area contributed by atoms with Gasteiger partial charge in [0.05, 0.1) is 12.8 Å². The second kappa shape index (κ2) is 6.62. The van der Waals surface area contributed by atoms with Crippen LogP contribution >= 0.6 is 0 Å². The summed E-state index contributed by atoms with van der Waals surface area (Å²) in [7, 11) is 0. The van der Waals surface area contributed by atoms with E-state index < -0.39 is 17.6 Å². The van der Waals surface area contributed by atoms with Gasteiger partial charge in [-0.15, -0.1) is 0 Å². The van der Waals surface area contributed by atoms with Gasteiger partial charge < -0.3 is 4.74 Å². The molecule has 94 valence electrons. The van der Waals surface area contributed by atoms with Crippen LogP contribution in [0.5, 0.6) is 0 Å². The first-order valence-electron chi connectivity index (χ1n) is 5.32. The second-order valence-corrected chi connectivity index (χ2v) is 3.38.